The minimum Gasteiger partial charge on any atom is -0.310 e. The Morgan fingerprint density at radius 3 is 3.08 bits per heavy atom. The summed E-state index contributed by atoms with van der Waals surface area (Å²) in [4.78, 5) is 11.3. The van der Waals surface area contributed by atoms with E-state index in [1.54, 1.807) is 12.3 Å². The van der Waals surface area contributed by atoms with Gasteiger partial charge < -0.3 is 5.32 Å². The number of anilines is 1. The molecule has 0 fully saturated rings. The van der Waals surface area contributed by atoms with Crippen LogP contribution in [0.25, 0.3) is 0 Å². The quantitative estimate of drug-likeness (QED) is 0.741. The van der Waals surface area contributed by atoms with Crippen LogP contribution >= 0.6 is 11.8 Å². The number of nitrogens with one attached hydrogen (secondary N) is 2. The van der Waals surface area contributed by atoms with Gasteiger partial charge >= 0.3 is 0 Å². The molecule has 0 spiro atoms. The molecule has 1 atom stereocenters. The molecule has 1 rings (SSSR count). The third kappa shape index (κ3) is 2.27. The van der Waals surface area contributed by atoms with E-state index in [1.807, 2.05) is 13.2 Å². The van der Waals surface area contributed by atoms with Crippen LogP contribution < -0.4 is 5.32 Å². The van der Waals surface area contributed by atoms with E-state index in [-0.39, 0.29) is 11.2 Å². The summed E-state index contributed by atoms with van der Waals surface area (Å²) >= 11 is 1.51. The molecular formula is C7H11N3OS. The maximum absolute atomic E-state index is 11.3. The van der Waals surface area contributed by atoms with Crippen molar-refractivity contribution in [2.75, 3.05) is 11.6 Å². The lowest BCUT2D eigenvalue weighted by molar-refractivity contribution is -0.115. The van der Waals surface area contributed by atoms with Gasteiger partial charge in [0.05, 0.1) is 11.4 Å². The number of aromatic amines is 1. The number of hydrogen-bond donors (Lipinski definition) is 2. The summed E-state index contributed by atoms with van der Waals surface area (Å²) in [5.41, 5.74) is 0. The molecule has 0 saturated heterocycles. The van der Waals surface area contributed by atoms with Crippen LogP contribution in [0.1, 0.15) is 6.92 Å². The second-order valence-electron chi connectivity index (χ2n) is 2.34. The summed E-state index contributed by atoms with van der Waals surface area (Å²) in [6.45, 7) is 1.86. The molecule has 66 valence electrons. The monoisotopic (exact) mass is 185 g/mol. The lowest BCUT2D eigenvalue weighted by Gasteiger charge is -2.06. The van der Waals surface area contributed by atoms with Crippen molar-refractivity contribution in [3.8, 4) is 0 Å². The maximum atomic E-state index is 11.3. The Morgan fingerprint density at radius 1 is 1.83 bits per heavy atom. The largest absolute Gasteiger partial charge is 0.310 e. The molecule has 5 heteroatoms. The minimum absolute atomic E-state index is 0.00764. The van der Waals surface area contributed by atoms with E-state index in [4.69, 9.17) is 0 Å². The molecule has 1 unspecified atom stereocenters. The molecule has 0 aliphatic carbocycles. The second kappa shape index (κ2) is 4.15. The predicted octanol–water partition coefficient (Wildman–Crippen LogP) is 1.10. The zero-order valence-electron chi connectivity index (χ0n) is 7.00. The Hall–Kier alpha value is -0.970. The van der Waals surface area contributed by atoms with Gasteiger partial charge in [-0.2, -0.15) is 16.9 Å². The number of nitrogens with zero attached hydrogens (tertiary/aromatic N) is 1. The fourth-order valence-corrected chi connectivity index (χ4v) is 0.940. The molecule has 0 aliphatic rings. The Labute approximate surface area is 75.1 Å². The van der Waals surface area contributed by atoms with Gasteiger partial charge in [-0.05, 0) is 13.2 Å². The highest BCUT2D eigenvalue weighted by Crippen LogP contribution is 2.08. The first kappa shape index (κ1) is 9.12. The lowest BCUT2D eigenvalue weighted by Crippen LogP contribution is -2.22. The maximum Gasteiger partial charge on any atom is 0.238 e. The van der Waals surface area contributed by atoms with E-state index < -0.39 is 0 Å². The summed E-state index contributed by atoms with van der Waals surface area (Å²) in [6.07, 6.45) is 3.50. The zero-order chi connectivity index (χ0) is 8.97. The van der Waals surface area contributed by atoms with E-state index in [9.17, 15) is 4.79 Å². The van der Waals surface area contributed by atoms with Gasteiger partial charge in [0.2, 0.25) is 5.91 Å². The van der Waals surface area contributed by atoms with E-state index >= 15 is 0 Å². The van der Waals surface area contributed by atoms with Gasteiger partial charge in [0.15, 0.2) is 0 Å². The molecule has 0 saturated carbocycles. The molecule has 0 aliphatic heterocycles. The Bertz CT molecular complexity index is 247. The Balaban J connectivity index is 2.47. The second-order valence-corrected chi connectivity index (χ2v) is 3.52. The molecule has 4 nitrogen and oxygen atoms in total. The van der Waals surface area contributed by atoms with Crippen molar-refractivity contribution in [2.24, 2.45) is 0 Å². The molecule has 0 aromatic carbocycles. The van der Waals surface area contributed by atoms with E-state index in [0.29, 0.717) is 5.82 Å². The van der Waals surface area contributed by atoms with Gasteiger partial charge in [-0.15, -0.1) is 0 Å². The number of carbonyl (C=O) groups excluding carboxylic acids is 1. The molecule has 2 N–H and O–H groups in total. The van der Waals surface area contributed by atoms with Crippen molar-refractivity contribution >= 4 is 23.5 Å². The van der Waals surface area contributed by atoms with Crippen LogP contribution in [-0.2, 0) is 4.79 Å². The zero-order valence-corrected chi connectivity index (χ0v) is 7.81. The van der Waals surface area contributed by atoms with Gasteiger partial charge in [0.25, 0.3) is 0 Å². The van der Waals surface area contributed by atoms with Gasteiger partial charge in [0.1, 0.15) is 5.82 Å². The molecule has 1 amide bonds. The van der Waals surface area contributed by atoms with Crippen LogP contribution in [0.4, 0.5) is 5.82 Å². The van der Waals surface area contributed by atoms with Crippen molar-refractivity contribution in [1.82, 2.24) is 10.2 Å². The Kier molecular flexibility index (Phi) is 3.16. The van der Waals surface area contributed by atoms with Gasteiger partial charge in [-0.1, -0.05) is 0 Å². The summed E-state index contributed by atoms with van der Waals surface area (Å²) in [6, 6.07) is 1.71. The van der Waals surface area contributed by atoms with Crippen LogP contribution in [0.2, 0.25) is 0 Å². The molecule has 0 radical (unpaired) electrons. The van der Waals surface area contributed by atoms with Crippen molar-refractivity contribution < 1.29 is 4.79 Å². The summed E-state index contributed by atoms with van der Waals surface area (Å²) in [7, 11) is 0. The molecule has 1 aromatic rings. The fraction of sp³-hybridized carbons (Fsp3) is 0.429. The number of amides is 1. The van der Waals surface area contributed by atoms with Crippen LogP contribution in [0.3, 0.4) is 0 Å². The van der Waals surface area contributed by atoms with Crippen molar-refractivity contribution in [2.45, 2.75) is 12.2 Å². The first-order chi connectivity index (χ1) is 5.74. The van der Waals surface area contributed by atoms with E-state index in [0.717, 1.165) is 0 Å². The third-order valence-corrected chi connectivity index (χ3v) is 2.40. The van der Waals surface area contributed by atoms with Gasteiger partial charge in [-0.3, -0.25) is 9.89 Å². The molecule has 1 aromatic heterocycles. The highest BCUT2D eigenvalue weighted by atomic mass is 32.2. The van der Waals surface area contributed by atoms with Crippen LogP contribution in [0, 0.1) is 0 Å². The third-order valence-electron chi connectivity index (χ3n) is 1.48. The van der Waals surface area contributed by atoms with Crippen LogP contribution in [0.15, 0.2) is 12.3 Å². The highest BCUT2D eigenvalue weighted by Gasteiger charge is 2.10. The summed E-state index contributed by atoms with van der Waals surface area (Å²) < 4.78 is 0. The molecule has 12 heavy (non-hydrogen) atoms. The van der Waals surface area contributed by atoms with E-state index in [2.05, 4.69) is 15.5 Å². The smallest absolute Gasteiger partial charge is 0.238 e. The average molecular weight is 185 g/mol. The number of H-pyrrole nitrogens is 1. The molecule has 0 bridgehead atoms. The summed E-state index contributed by atoms with van der Waals surface area (Å²) in [5, 5.41) is 9.03. The highest BCUT2D eigenvalue weighted by molar-refractivity contribution is 7.99. The average Bonchev–Trinajstić information content (AvgIpc) is 2.55. The summed E-state index contributed by atoms with van der Waals surface area (Å²) in [5.74, 6) is 0.632. The number of thioether (sulfide) groups is 1. The first-order valence-electron chi connectivity index (χ1n) is 3.57. The van der Waals surface area contributed by atoms with Crippen LogP contribution in [0.5, 0.6) is 0 Å². The van der Waals surface area contributed by atoms with Gasteiger partial charge in [-0.25, -0.2) is 0 Å². The number of rotatable bonds is 3. The number of carbonyl (C=O) groups is 1. The lowest BCUT2D eigenvalue weighted by atomic mass is 10.4. The fourth-order valence-electron chi connectivity index (χ4n) is 0.667. The standard InChI is InChI=1S/C7H11N3OS/c1-5(12-2)7(11)9-6-3-4-8-10-6/h3-5H,1-2H3,(H2,8,9,10,11). The number of aromatic nitrogens is 2. The van der Waals surface area contributed by atoms with Crippen molar-refractivity contribution in [1.29, 1.82) is 0 Å². The normalized spacial score (nSPS) is 12.5. The van der Waals surface area contributed by atoms with Crippen LogP contribution in [-0.4, -0.2) is 27.6 Å². The van der Waals surface area contributed by atoms with Gasteiger partial charge in [0, 0.05) is 6.07 Å². The first-order valence-corrected chi connectivity index (χ1v) is 4.86. The van der Waals surface area contributed by atoms with E-state index in [1.165, 1.54) is 11.8 Å². The number of hydrogen-bond acceptors (Lipinski definition) is 3. The SMILES string of the molecule is CSC(C)C(=O)Nc1ccn[nH]1. The Morgan fingerprint density at radius 2 is 2.58 bits per heavy atom. The van der Waals surface area contributed by atoms with Crippen molar-refractivity contribution in [3.05, 3.63) is 12.3 Å². The minimum atomic E-state index is -0.0340. The predicted molar refractivity (Wildman–Crippen MR) is 50.2 cm³/mol. The van der Waals surface area contributed by atoms with Crippen molar-refractivity contribution in [3.63, 3.8) is 0 Å². The topological polar surface area (TPSA) is 57.8 Å². The molecule has 1 heterocycles. The molecular weight excluding hydrogens is 174 g/mol.